The van der Waals surface area contributed by atoms with E-state index in [-0.39, 0.29) is 5.57 Å². The van der Waals surface area contributed by atoms with Crippen molar-refractivity contribution in [3.05, 3.63) is 120 Å². The zero-order valence-electron chi connectivity index (χ0n) is 24.8. The Hall–Kier alpha value is -3.24. The van der Waals surface area contributed by atoms with E-state index < -0.39 is 5.83 Å². The van der Waals surface area contributed by atoms with Gasteiger partial charge in [-0.3, -0.25) is 4.79 Å². The van der Waals surface area contributed by atoms with Gasteiger partial charge in [-0.25, -0.2) is 4.39 Å². The molecule has 0 saturated heterocycles. The molecule has 0 N–H and O–H groups in total. The molecule has 38 heavy (non-hydrogen) atoms. The van der Waals surface area contributed by atoms with Crippen molar-refractivity contribution >= 4 is 6.29 Å². The zero-order chi connectivity index (χ0) is 29.8. The molecule has 0 heterocycles. The fraction of sp³-hybridized carbons (Fsp3) is 0.382. The maximum absolute atomic E-state index is 14.9. The Balaban J connectivity index is 0. The summed E-state index contributed by atoms with van der Waals surface area (Å²) in [6.45, 7) is 34.4. The highest BCUT2D eigenvalue weighted by Crippen LogP contribution is 2.27. The topological polar surface area (TPSA) is 35.5 Å². The molecule has 3 nitrogen and oxygen atoms in total. The van der Waals surface area contributed by atoms with Crippen LogP contribution >= 0.6 is 0 Å². The average molecular weight is 525 g/mol. The van der Waals surface area contributed by atoms with Gasteiger partial charge in [0.05, 0.1) is 13.7 Å². The quantitative estimate of drug-likeness (QED) is 0.0822. The molecule has 0 fully saturated rings. The van der Waals surface area contributed by atoms with Gasteiger partial charge in [-0.15, -0.1) is 0 Å². The first-order valence-corrected chi connectivity index (χ1v) is 12.8. The Kier molecular flexibility index (Phi) is 20.2. The number of ether oxygens (including phenoxy) is 2. The summed E-state index contributed by atoms with van der Waals surface area (Å²) >= 11 is 0. The second-order valence-electron chi connectivity index (χ2n) is 9.51. The van der Waals surface area contributed by atoms with E-state index >= 15 is 0 Å². The highest BCUT2D eigenvalue weighted by molar-refractivity contribution is 5.71. The zero-order valence-corrected chi connectivity index (χ0v) is 24.8. The molecule has 0 aliphatic heterocycles. The SMILES string of the molecule is C/C=C(\C)C=O.C=C(/C=C(/CCOC)C(=C)C(=C)/C=C(/F)C(=C)C(=C)/C=C\C(=C)C(C)CCC(C)C)OC. The normalized spacial score (nSPS) is 12.9. The van der Waals surface area contributed by atoms with E-state index in [1.165, 1.54) is 13.2 Å². The standard InChI is InChI=1S/C29H41FO2.C5H8O/c1-20(2)12-13-21(3)22(4)14-15-23(5)27(9)29(30)18-24(6)26(8)28(16-17-31-10)19-25(7)32-11;1-3-5(2)4-6/h14-15,18-21H,4-9,12-13,16-17H2,1-3,10-11H3;3-4H,1-2H3/b15-14-,28-19-,29-18+;5-3+. The largest absolute Gasteiger partial charge is 0.497 e. The first-order chi connectivity index (χ1) is 17.7. The van der Waals surface area contributed by atoms with Crippen LogP contribution in [0.4, 0.5) is 4.39 Å². The Morgan fingerprint density at radius 3 is 1.95 bits per heavy atom. The summed E-state index contributed by atoms with van der Waals surface area (Å²) in [6.07, 6.45) is 12.1. The molecular formula is C34H49FO3. The summed E-state index contributed by atoms with van der Waals surface area (Å²) in [6, 6.07) is 0. The van der Waals surface area contributed by atoms with Crippen LogP contribution in [0.25, 0.3) is 0 Å². The predicted octanol–water partition coefficient (Wildman–Crippen LogP) is 9.52. The van der Waals surface area contributed by atoms with Crippen LogP contribution in [-0.2, 0) is 14.3 Å². The van der Waals surface area contributed by atoms with Crippen LogP contribution in [-0.4, -0.2) is 27.1 Å². The third-order valence-corrected chi connectivity index (χ3v) is 5.87. The first-order valence-electron chi connectivity index (χ1n) is 12.8. The van der Waals surface area contributed by atoms with Crippen molar-refractivity contribution in [2.75, 3.05) is 20.8 Å². The van der Waals surface area contributed by atoms with Crippen molar-refractivity contribution in [2.45, 2.75) is 53.9 Å². The van der Waals surface area contributed by atoms with Gasteiger partial charge in [0.1, 0.15) is 17.9 Å². The summed E-state index contributed by atoms with van der Waals surface area (Å²) < 4.78 is 25.1. The molecule has 0 amide bonds. The van der Waals surface area contributed by atoms with Gasteiger partial charge in [-0.05, 0) is 78.5 Å². The molecular weight excluding hydrogens is 475 g/mol. The number of methoxy groups -OCH3 is 2. The van der Waals surface area contributed by atoms with E-state index in [1.54, 1.807) is 32.3 Å². The molecule has 4 heteroatoms. The number of aldehydes is 1. The Bertz CT molecular complexity index is 983. The highest BCUT2D eigenvalue weighted by atomic mass is 19.1. The van der Waals surface area contributed by atoms with Gasteiger partial charge >= 0.3 is 0 Å². The van der Waals surface area contributed by atoms with Crippen molar-refractivity contribution in [2.24, 2.45) is 11.8 Å². The van der Waals surface area contributed by atoms with Crippen LogP contribution in [0.15, 0.2) is 120 Å². The molecule has 0 aromatic rings. The molecule has 0 saturated carbocycles. The lowest BCUT2D eigenvalue weighted by atomic mass is 9.92. The van der Waals surface area contributed by atoms with Crippen LogP contribution in [0, 0.1) is 11.8 Å². The van der Waals surface area contributed by atoms with E-state index in [0.717, 1.165) is 35.8 Å². The third kappa shape index (κ3) is 16.5. The Labute approximate surface area is 231 Å². The number of allylic oxidation sites excluding steroid dienone is 12. The molecule has 210 valence electrons. The molecule has 0 aliphatic rings. The second-order valence-corrected chi connectivity index (χ2v) is 9.51. The lowest BCUT2D eigenvalue weighted by molar-refractivity contribution is -0.104. The maximum atomic E-state index is 14.9. The van der Waals surface area contributed by atoms with Crippen LogP contribution in [0.2, 0.25) is 0 Å². The highest BCUT2D eigenvalue weighted by Gasteiger charge is 2.11. The molecule has 0 aromatic heterocycles. The van der Waals surface area contributed by atoms with E-state index in [9.17, 15) is 9.18 Å². The van der Waals surface area contributed by atoms with Crippen molar-refractivity contribution in [1.29, 1.82) is 0 Å². The third-order valence-electron chi connectivity index (χ3n) is 5.87. The number of halogens is 1. The molecule has 0 radical (unpaired) electrons. The van der Waals surface area contributed by atoms with Crippen molar-refractivity contribution < 1.29 is 18.7 Å². The van der Waals surface area contributed by atoms with Crippen LogP contribution < -0.4 is 0 Å². The summed E-state index contributed by atoms with van der Waals surface area (Å²) in [7, 11) is 3.15. The van der Waals surface area contributed by atoms with Gasteiger partial charge in [0.15, 0.2) is 0 Å². The average Bonchev–Trinajstić information content (AvgIpc) is 2.90. The van der Waals surface area contributed by atoms with Crippen molar-refractivity contribution in [1.82, 2.24) is 0 Å². The van der Waals surface area contributed by atoms with Crippen LogP contribution in [0.1, 0.15) is 53.9 Å². The second kappa shape index (κ2) is 20.8. The van der Waals surface area contributed by atoms with E-state index in [0.29, 0.717) is 47.3 Å². The molecule has 0 aromatic carbocycles. The minimum Gasteiger partial charge on any atom is -0.497 e. The van der Waals surface area contributed by atoms with Gasteiger partial charge in [-0.1, -0.05) is 90.5 Å². The molecule has 0 rings (SSSR count). The Morgan fingerprint density at radius 1 is 0.895 bits per heavy atom. The molecule has 0 aliphatic carbocycles. The summed E-state index contributed by atoms with van der Waals surface area (Å²) in [5.74, 6) is 0.974. The van der Waals surface area contributed by atoms with E-state index in [2.05, 4.69) is 60.2 Å². The number of rotatable bonds is 17. The fourth-order valence-electron chi connectivity index (χ4n) is 2.77. The smallest absolute Gasteiger partial charge is 0.145 e. The lowest BCUT2D eigenvalue weighted by Gasteiger charge is -2.14. The maximum Gasteiger partial charge on any atom is 0.145 e. The summed E-state index contributed by atoms with van der Waals surface area (Å²) in [5, 5.41) is 0. The molecule has 0 spiro atoms. The van der Waals surface area contributed by atoms with E-state index in [1.807, 2.05) is 13.0 Å². The lowest BCUT2D eigenvalue weighted by Crippen LogP contribution is -1.99. The van der Waals surface area contributed by atoms with Crippen LogP contribution in [0.5, 0.6) is 0 Å². The Morgan fingerprint density at radius 2 is 1.50 bits per heavy atom. The van der Waals surface area contributed by atoms with Gasteiger partial charge in [-0.2, -0.15) is 0 Å². The summed E-state index contributed by atoms with van der Waals surface area (Å²) in [4.78, 5) is 9.67. The minimum atomic E-state index is -0.513. The molecule has 0 bridgehead atoms. The van der Waals surface area contributed by atoms with Gasteiger partial charge < -0.3 is 9.47 Å². The monoisotopic (exact) mass is 524 g/mol. The minimum absolute atomic E-state index is 0.196. The number of hydrogen-bond donors (Lipinski definition) is 0. The van der Waals surface area contributed by atoms with E-state index in [4.69, 9.17) is 9.47 Å². The number of carbonyl (C=O) groups excluding carboxylic acids is 1. The van der Waals surface area contributed by atoms with Crippen molar-refractivity contribution in [3.8, 4) is 0 Å². The number of hydrogen-bond acceptors (Lipinski definition) is 3. The van der Waals surface area contributed by atoms with Crippen molar-refractivity contribution in [3.63, 3.8) is 0 Å². The van der Waals surface area contributed by atoms with Crippen LogP contribution in [0.3, 0.4) is 0 Å². The number of carbonyl (C=O) groups is 1. The van der Waals surface area contributed by atoms with Gasteiger partial charge in [0, 0.05) is 12.7 Å². The predicted molar refractivity (Wildman–Crippen MR) is 163 cm³/mol. The fourth-order valence-corrected chi connectivity index (χ4v) is 2.77. The van der Waals surface area contributed by atoms with Gasteiger partial charge in [0.25, 0.3) is 0 Å². The molecule has 1 atom stereocenters. The summed E-state index contributed by atoms with van der Waals surface area (Å²) in [5.41, 5.74) is 4.28. The van der Waals surface area contributed by atoms with Gasteiger partial charge in [0.2, 0.25) is 0 Å². The first kappa shape index (κ1) is 36.9. The molecule has 1 unspecified atom stereocenters.